The van der Waals surface area contributed by atoms with E-state index in [0.717, 1.165) is 23.0 Å². The number of rotatable bonds is 9. The van der Waals surface area contributed by atoms with Gasteiger partial charge in [0.05, 0.1) is 53.8 Å². The van der Waals surface area contributed by atoms with Gasteiger partial charge in [0.15, 0.2) is 5.78 Å². The van der Waals surface area contributed by atoms with Crippen LogP contribution in [-0.4, -0.2) is 54.2 Å². The van der Waals surface area contributed by atoms with Gasteiger partial charge < -0.3 is 19.5 Å². The Morgan fingerprint density at radius 2 is 1.94 bits per heavy atom. The molecule has 10 heteroatoms. The predicted molar refractivity (Wildman–Crippen MR) is 141 cm³/mol. The molecule has 0 aliphatic carbocycles. The summed E-state index contributed by atoms with van der Waals surface area (Å²) >= 11 is 13.3. The first-order chi connectivity index (χ1) is 17.4. The molecule has 3 aromatic rings. The number of aryl methyl sites for hydroxylation is 1. The van der Waals surface area contributed by atoms with Crippen LogP contribution in [0.15, 0.2) is 31.0 Å². The molecule has 3 heterocycles. The molecule has 1 saturated heterocycles. The van der Waals surface area contributed by atoms with Gasteiger partial charge in [-0.2, -0.15) is 0 Å². The number of ketones is 1. The molecule has 2 aromatic heterocycles. The standard InChI is InChI=1S/C26H28Cl2N4O4/c1-5-16(33)9-14-7-8-36-13-19(14)31-26-29-12-15-10-18(30-17(6-2)25(15)32-26)22-23(27)20(34-3)11-21(35-4)24(22)28/h5,10-12,14,19H,1,6-9,13H2,2-4H3,(H,29,31,32)/t14-,19-/m1/s1. The number of methoxy groups -OCH3 is 2. The lowest BCUT2D eigenvalue weighted by atomic mass is 9.90. The minimum absolute atomic E-state index is 0.0182. The van der Waals surface area contributed by atoms with E-state index < -0.39 is 0 Å². The number of halogens is 2. The number of fused-ring (bicyclic) bond motifs is 1. The maximum absolute atomic E-state index is 12.0. The Hall–Kier alpha value is -2.94. The minimum Gasteiger partial charge on any atom is -0.495 e. The molecule has 0 bridgehead atoms. The second-order valence-electron chi connectivity index (χ2n) is 8.47. The number of benzene rings is 1. The first-order valence-electron chi connectivity index (χ1n) is 11.7. The summed E-state index contributed by atoms with van der Waals surface area (Å²) in [5.74, 6) is 1.45. The lowest BCUT2D eigenvalue weighted by Crippen LogP contribution is -2.40. The summed E-state index contributed by atoms with van der Waals surface area (Å²) < 4.78 is 16.5. The van der Waals surface area contributed by atoms with E-state index >= 15 is 0 Å². The molecule has 1 aromatic carbocycles. The van der Waals surface area contributed by atoms with Crippen molar-refractivity contribution in [2.45, 2.75) is 32.2 Å². The number of carbonyl (C=O) groups is 1. The molecular formula is C26H28Cl2N4O4. The molecule has 0 unspecified atom stereocenters. The zero-order valence-electron chi connectivity index (χ0n) is 20.4. The maximum atomic E-state index is 12.0. The fourth-order valence-electron chi connectivity index (χ4n) is 4.35. The van der Waals surface area contributed by atoms with Crippen LogP contribution in [0.2, 0.25) is 10.0 Å². The van der Waals surface area contributed by atoms with E-state index in [0.29, 0.717) is 64.8 Å². The topological polar surface area (TPSA) is 95.5 Å². The molecule has 0 amide bonds. The number of pyridine rings is 1. The van der Waals surface area contributed by atoms with E-state index in [-0.39, 0.29) is 17.7 Å². The Balaban J connectivity index is 1.72. The molecule has 0 spiro atoms. The Morgan fingerprint density at radius 1 is 1.22 bits per heavy atom. The van der Waals surface area contributed by atoms with Crippen molar-refractivity contribution in [2.75, 3.05) is 32.8 Å². The maximum Gasteiger partial charge on any atom is 0.223 e. The second-order valence-corrected chi connectivity index (χ2v) is 9.23. The molecule has 190 valence electrons. The molecule has 1 aliphatic rings. The quantitative estimate of drug-likeness (QED) is 0.360. The summed E-state index contributed by atoms with van der Waals surface area (Å²) in [5, 5.41) is 4.83. The van der Waals surface area contributed by atoms with Crippen molar-refractivity contribution in [3.63, 3.8) is 0 Å². The molecule has 0 radical (unpaired) electrons. The van der Waals surface area contributed by atoms with Gasteiger partial charge in [-0.3, -0.25) is 9.78 Å². The van der Waals surface area contributed by atoms with E-state index in [2.05, 4.69) is 16.9 Å². The smallest absolute Gasteiger partial charge is 0.223 e. The summed E-state index contributed by atoms with van der Waals surface area (Å²) in [6, 6.07) is 3.40. The van der Waals surface area contributed by atoms with Crippen molar-refractivity contribution in [1.29, 1.82) is 0 Å². The minimum atomic E-state index is -0.0840. The number of ether oxygens (including phenoxy) is 3. The third-order valence-electron chi connectivity index (χ3n) is 6.31. The highest BCUT2D eigenvalue weighted by atomic mass is 35.5. The first-order valence-corrected chi connectivity index (χ1v) is 12.4. The number of nitrogens with one attached hydrogen (secondary N) is 1. The molecule has 0 saturated carbocycles. The summed E-state index contributed by atoms with van der Waals surface area (Å²) in [6.45, 7) is 6.68. The number of allylic oxidation sites excluding steroid dienone is 1. The van der Waals surface area contributed by atoms with Crippen LogP contribution in [0.4, 0.5) is 5.95 Å². The van der Waals surface area contributed by atoms with Gasteiger partial charge in [0.2, 0.25) is 5.95 Å². The number of nitrogens with zero attached hydrogens (tertiary/aromatic N) is 3. The van der Waals surface area contributed by atoms with Crippen LogP contribution < -0.4 is 14.8 Å². The van der Waals surface area contributed by atoms with Crippen molar-refractivity contribution in [2.24, 2.45) is 5.92 Å². The van der Waals surface area contributed by atoms with E-state index in [1.165, 1.54) is 20.3 Å². The zero-order valence-corrected chi connectivity index (χ0v) is 21.9. The monoisotopic (exact) mass is 530 g/mol. The highest BCUT2D eigenvalue weighted by Crippen LogP contribution is 2.46. The van der Waals surface area contributed by atoms with Gasteiger partial charge in [0, 0.05) is 36.2 Å². The normalized spacial score (nSPS) is 17.6. The SMILES string of the molecule is C=CC(=O)C[C@H]1CCOC[C@H]1Nc1ncc2cc(-c3c(Cl)c(OC)cc(OC)c3Cl)nc(CC)c2n1. The van der Waals surface area contributed by atoms with Gasteiger partial charge in [-0.25, -0.2) is 9.97 Å². The lowest BCUT2D eigenvalue weighted by molar-refractivity contribution is -0.116. The highest BCUT2D eigenvalue weighted by Gasteiger charge is 2.28. The second kappa shape index (κ2) is 11.4. The van der Waals surface area contributed by atoms with Crippen LogP contribution in [-0.2, 0) is 16.0 Å². The van der Waals surface area contributed by atoms with Crippen molar-refractivity contribution < 1.29 is 19.0 Å². The van der Waals surface area contributed by atoms with Gasteiger partial charge in [0.1, 0.15) is 11.5 Å². The lowest BCUT2D eigenvalue weighted by Gasteiger charge is -2.31. The fraction of sp³-hybridized carbons (Fsp3) is 0.385. The first kappa shape index (κ1) is 26.1. The van der Waals surface area contributed by atoms with E-state index in [1.54, 1.807) is 12.3 Å². The largest absolute Gasteiger partial charge is 0.495 e. The van der Waals surface area contributed by atoms with Crippen LogP contribution in [0.1, 0.15) is 25.5 Å². The molecule has 8 nitrogen and oxygen atoms in total. The summed E-state index contributed by atoms with van der Waals surface area (Å²) in [4.78, 5) is 26.1. The average molecular weight is 531 g/mol. The Morgan fingerprint density at radius 3 is 2.58 bits per heavy atom. The van der Waals surface area contributed by atoms with E-state index in [9.17, 15) is 4.79 Å². The summed E-state index contributed by atoms with van der Waals surface area (Å²) in [6.07, 6.45) is 4.92. The van der Waals surface area contributed by atoms with Crippen LogP contribution in [0.3, 0.4) is 0 Å². The number of aromatic nitrogens is 3. The third kappa shape index (κ3) is 5.26. The van der Waals surface area contributed by atoms with Gasteiger partial charge in [-0.1, -0.05) is 36.7 Å². The number of hydrogen-bond acceptors (Lipinski definition) is 8. The molecule has 1 N–H and O–H groups in total. The number of anilines is 1. The molecule has 36 heavy (non-hydrogen) atoms. The Labute approximate surface area is 220 Å². The Kier molecular flexibility index (Phi) is 8.28. The van der Waals surface area contributed by atoms with Gasteiger partial charge in [-0.05, 0) is 30.9 Å². The Bertz CT molecular complexity index is 1270. The zero-order chi connectivity index (χ0) is 25.8. The van der Waals surface area contributed by atoms with Crippen molar-refractivity contribution in [3.8, 4) is 22.8 Å². The van der Waals surface area contributed by atoms with Gasteiger partial charge >= 0.3 is 0 Å². The van der Waals surface area contributed by atoms with Crippen molar-refractivity contribution >= 4 is 45.8 Å². The predicted octanol–water partition coefficient (Wildman–Crippen LogP) is 5.54. The highest BCUT2D eigenvalue weighted by molar-refractivity contribution is 6.41. The molecule has 4 rings (SSSR count). The van der Waals surface area contributed by atoms with Crippen LogP contribution in [0.5, 0.6) is 11.5 Å². The molecular weight excluding hydrogens is 503 g/mol. The fourth-order valence-corrected chi connectivity index (χ4v) is 5.05. The number of hydrogen-bond donors (Lipinski definition) is 1. The molecule has 1 aliphatic heterocycles. The van der Waals surface area contributed by atoms with Crippen molar-refractivity contribution in [3.05, 3.63) is 46.7 Å². The number of carbonyl (C=O) groups excluding carboxylic acids is 1. The van der Waals surface area contributed by atoms with Crippen molar-refractivity contribution in [1.82, 2.24) is 15.0 Å². The van der Waals surface area contributed by atoms with Crippen LogP contribution in [0.25, 0.3) is 22.2 Å². The van der Waals surface area contributed by atoms with Gasteiger partial charge in [-0.15, -0.1) is 0 Å². The molecule has 2 atom stereocenters. The average Bonchev–Trinajstić information content (AvgIpc) is 2.89. The summed E-state index contributed by atoms with van der Waals surface area (Å²) in [5.41, 5.74) is 2.57. The van der Waals surface area contributed by atoms with Crippen LogP contribution in [0, 0.1) is 5.92 Å². The van der Waals surface area contributed by atoms with Crippen LogP contribution >= 0.6 is 23.2 Å². The van der Waals surface area contributed by atoms with E-state index in [1.807, 2.05) is 13.0 Å². The summed E-state index contributed by atoms with van der Waals surface area (Å²) in [7, 11) is 3.06. The molecule has 1 fully saturated rings. The van der Waals surface area contributed by atoms with Gasteiger partial charge in [0.25, 0.3) is 0 Å². The third-order valence-corrected chi connectivity index (χ3v) is 7.06. The van der Waals surface area contributed by atoms with E-state index in [4.69, 9.17) is 47.4 Å².